The number of benzene rings is 1. The van der Waals surface area contributed by atoms with Gasteiger partial charge < -0.3 is 24.4 Å². The van der Waals surface area contributed by atoms with E-state index in [4.69, 9.17) is 19.3 Å². The molecule has 0 aromatic heterocycles. The highest BCUT2D eigenvalue weighted by molar-refractivity contribution is 5.67. The van der Waals surface area contributed by atoms with Gasteiger partial charge in [0.25, 0.3) is 0 Å². The number of aliphatic carboxylic acids is 1. The van der Waals surface area contributed by atoms with E-state index in [0.29, 0.717) is 22.6 Å². The van der Waals surface area contributed by atoms with Gasteiger partial charge in [-0.15, -0.1) is 0 Å². The SMILES string of the molecule is COc1ccc(OC)c2c1CO[C@@H](CC(=O)O)[C@@H]2O. The molecule has 1 heterocycles. The summed E-state index contributed by atoms with van der Waals surface area (Å²) in [5.41, 5.74) is 1.23. The van der Waals surface area contributed by atoms with Gasteiger partial charge in [0.2, 0.25) is 0 Å². The molecule has 0 saturated carbocycles. The van der Waals surface area contributed by atoms with Gasteiger partial charge in [0.1, 0.15) is 17.6 Å². The summed E-state index contributed by atoms with van der Waals surface area (Å²) in [7, 11) is 3.02. The summed E-state index contributed by atoms with van der Waals surface area (Å²) in [5.74, 6) is 0.0694. The number of aliphatic hydroxyl groups excluding tert-OH is 1. The normalized spacial score (nSPS) is 21.6. The van der Waals surface area contributed by atoms with E-state index in [1.165, 1.54) is 14.2 Å². The number of carbonyl (C=O) groups is 1. The van der Waals surface area contributed by atoms with Crippen molar-refractivity contribution in [3.8, 4) is 11.5 Å². The third-order valence-electron chi connectivity index (χ3n) is 3.18. The van der Waals surface area contributed by atoms with Gasteiger partial charge in [-0.25, -0.2) is 0 Å². The molecule has 2 rings (SSSR count). The van der Waals surface area contributed by atoms with Gasteiger partial charge in [0.05, 0.1) is 33.4 Å². The first kappa shape index (κ1) is 13.6. The Morgan fingerprint density at radius 2 is 2.00 bits per heavy atom. The van der Waals surface area contributed by atoms with E-state index in [-0.39, 0.29) is 13.0 Å². The van der Waals surface area contributed by atoms with E-state index in [9.17, 15) is 9.90 Å². The molecule has 0 saturated heterocycles. The van der Waals surface area contributed by atoms with Crippen molar-refractivity contribution < 1.29 is 29.2 Å². The second kappa shape index (κ2) is 5.46. The summed E-state index contributed by atoms with van der Waals surface area (Å²) in [6, 6.07) is 3.41. The summed E-state index contributed by atoms with van der Waals surface area (Å²) >= 11 is 0. The van der Waals surface area contributed by atoms with Crippen LogP contribution < -0.4 is 9.47 Å². The molecule has 1 aliphatic rings. The second-order valence-electron chi connectivity index (χ2n) is 4.25. The molecule has 0 radical (unpaired) electrons. The predicted molar refractivity (Wildman–Crippen MR) is 65.3 cm³/mol. The van der Waals surface area contributed by atoms with Gasteiger partial charge in [-0.3, -0.25) is 4.79 Å². The summed E-state index contributed by atoms with van der Waals surface area (Å²) < 4.78 is 15.8. The zero-order valence-corrected chi connectivity index (χ0v) is 10.8. The molecule has 1 aromatic carbocycles. The van der Waals surface area contributed by atoms with Crippen LogP contribution in [0.4, 0.5) is 0 Å². The smallest absolute Gasteiger partial charge is 0.306 e. The standard InChI is InChI=1S/C13H16O6/c1-17-8-3-4-9(18-2)12-7(8)6-19-10(13(12)16)5-11(14)15/h3-4,10,13,16H,5-6H2,1-2H3,(H,14,15)/t10-,13-/m0/s1. The minimum absolute atomic E-state index is 0.185. The van der Waals surface area contributed by atoms with Crippen LogP contribution in [0.1, 0.15) is 23.7 Å². The monoisotopic (exact) mass is 268 g/mol. The molecule has 2 atom stereocenters. The first-order valence-corrected chi connectivity index (χ1v) is 5.83. The summed E-state index contributed by atoms with van der Waals surface area (Å²) in [6.07, 6.45) is -2.10. The van der Waals surface area contributed by atoms with E-state index in [1.807, 2.05) is 0 Å². The Morgan fingerprint density at radius 1 is 1.37 bits per heavy atom. The molecule has 1 aliphatic heterocycles. The molecular formula is C13H16O6. The van der Waals surface area contributed by atoms with Crippen molar-refractivity contribution >= 4 is 5.97 Å². The van der Waals surface area contributed by atoms with E-state index in [0.717, 1.165) is 0 Å². The molecule has 0 bridgehead atoms. The average Bonchev–Trinajstić information content (AvgIpc) is 2.40. The van der Waals surface area contributed by atoms with Gasteiger partial charge in [0, 0.05) is 11.1 Å². The number of rotatable bonds is 4. The molecule has 0 spiro atoms. The minimum atomic E-state index is -1.05. The Balaban J connectivity index is 2.43. The number of hydrogen-bond acceptors (Lipinski definition) is 5. The average molecular weight is 268 g/mol. The lowest BCUT2D eigenvalue weighted by Gasteiger charge is -2.31. The molecular weight excluding hydrogens is 252 g/mol. The van der Waals surface area contributed by atoms with Crippen molar-refractivity contribution in [1.82, 2.24) is 0 Å². The van der Waals surface area contributed by atoms with Gasteiger partial charge in [0.15, 0.2) is 0 Å². The fourth-order valence-corrected chi connectivity index (χ4v) is 2.28. The van der Waals surface area contributed by atoms with Crippen LogP contribution in [0.15, 0.2) is 12.1 Å². The van der Waals surface area contributed by atoms with E-state index < -0.39 is 18.2 Å². The second-order valence-corrected chi connectivity index (χ2v) is 4.25. The Hall–Kier alpha value is -1.79. The van der Waals surface area contributed by atoms with Crippen LogP contribution in [0.2, 0.25) is 0 Å². The lowest BCUT2D eigenvalue weighted by Crippen LogP contribution is -2.30. The third kappa shape index (κ3) is 2.50. The number of methoxy groups -OCH3 is 2. The largest absolute Gasteiger partial charge is 0.496 e. The molecule has 0 unspecified atom stereocenters. The molecule has 19 heavy (non-hydrogen) atoms. The third-order valence-corrected chi connectivity index (χ3v) is 3.18. The zero-order chi connectivity index (χ0) is 14.0. The lowest BCUT2D eigenvalue weighted by atomic mass is 9.93. The predicted octanol–water partition coefficient (Wildman–Crippen LogP) is 1.11. The molecule has 0 aliphatic carbocycles. The van der Waals surface area contributed by atoms with Crippen LogP contribution in [-0.2, 0) is 16.1 Å². The van der Waals surface area contributed by atoms with Gasteiger partial charge in [-0.2, -0.15) is 0 Å². The number of hydrogen-bond donors (Lipinski definition) is 2. The summed E-state index contributed by atoms with van der Waals surface area (Å²) in [6.45, 7) is 0.185. The lowest BCUT2D eigenvalue weighted by molar-refractivity contribution is -0.145. The fraction of sp³-hybridized carbons (Fsp3) is 0.462. The van der Waals surface area contributed by atoms with Crippen molar-refractivity contribution in [2.75, 3.05) is 14.2 Å². The van der Waals surface area contributed by atoms with Crippen molar-refractivity contribution in [3.63, 3.8) is 0 Å². The topological polar surface area (TPSA) is 85.2 Å². The molecule has 6 heteroatoms. The quantitative estimate of drug-likeness (QED) is 0.851. The maximum Gasteiger partial charge on any atom is 0.306 e. The number of carboxylic acids is 1. The van der Waals surface area contributed by atoms with Gasteiger partial charge in [-0.05, 0) is 12.1 Å². The number of fused-ring (bicyclic) bond motifs is 1. The van der Waals surface area contributed by atoms with Crippen LogP contribution in [0.25, 0.3) is 0 Å². The first-order valence-electron chi connectivity index (χ1n) is 5.83. The van der Waals surface area contributed by atoms with Crippen molar-refractivity contribution in [2.45, 2.75) is 25.2 Å². The highest BCUT2D eigenvalue weighted by Gasteiger charge is 2.34. The maximum atomic E-state index is 10.8. The van der Waals surface area contributed by atoms with Crippen LogP contribution in [-0.4, -0.2) is 36.5 Å². The van der Waals surface area contributed by atoms with Crippen LogP contribution in [0.3, 0.4) is 0 Å². The molecule has 104 valence electrons. The van der Waals surface area contributed by atoms with Gasteiger partial charge >= 0.3 is 5.97 Å². The van der Waals surface area contributed by atoms with Crippen LogP contribution in [0, 0.1) is 0 Å². The Labute approximate surface area is 110 Å². The first-order chi connectivity index (χ1) is 9.08. The van der Waals surface area contributed by atoms with Crippen LogP contribution >= 0.6 is 0 Å². The summed E-state index contributed by atoms with van der Waals surface area (Å²) in [4.78, 5) is 10.8. The molecule has 1 aromatic rings. The molecule has 2 N–H and O–H groups in total. The van der Waals surface area contributed by atoms with Gasteiger partial charge in [-0.1, -0.05) is 0 Å². The molecule has 0 amide bonds. The van der Waals surface area contributed by atoms with E-state index >= 15 is 0 Å². The Kier molecular flexibility index (Phi) is 3.92. The number of aliphatic hydroxyl groups is 1. The Bertz CT molecular complexity index is 484. The molecule has 0 fully saturated rings. The molecule has 6 nitrogen and oxygen atoms in total. The van der Waals surface area contributed by atoms with E-state index in [2.05, 4.69) is 0 Å². The van der Waals surface area contributed by atoms with E-state index in [1.54, 1.807) is 12.1 Å². The van der Waals surface area contributed by atoms with Crippen molar-refractivity contribution in [2.24, 2.45) is 0 Å². The minimum Gasteiger partial charge on any atom is -0.496 e. The Morgan fingerprint density at radius 3 is 2.58 bits per heavy atom. The zero-order valence-electron chi connectivity index (χ0n) is 10.8. The highest BCUT2D eigenvalue weighted by atomic mass is 16.5. The highest BCUT2D eigenvalue weighted by Crippen LogP contribution is 2.41. The van der Waals surface area contributed by atoms with Crippen molar-refractivity contribution in [3.05, 3.63) is 23.3 Å². The van der Waals surface area contributed by atoms with Crippen LogP contribution in [0.5, 0.6) is 11.5 Å². The maximum absolute atomic E-state index is 10.8. The summed E-state index contributed by atoms with van der Waals surface area (Å²) in [5, 5.41) is 19.1. The number of ether oxygens (including phenoxy) is 3. The van der Waals surface area contributed by atoms with Crippen molar-refractivity contribution in [1.29, 1.82) is 0 Å². The number of carboxylic acid groups (broad SMARTS) is 1. The fourth-order valence-electron chi connectivity index (χ4n) is 2.28.